The minimum Gasteiger partial charge on any atom is -0.475 e. The van der Waals surface area contributed by atoms with E-state index in [-0.39, 0.29) is 17.6 Å². The summed E-state index contributed by atoms with van der Waals surface area (Å²) in [4.78, 5) is 32.0. The summed E-state index contributed by atoms with van der Waals surface area (Å²) in [5.41, 5.74) is 1.22. The first-order valence-corrected chi connectivity index (χ1v) is 10.3. The number of nitrogens with zero attached hydrogens (tertiary/aromatic N) is 3. The fourth-order valence-corrected chi connectivity index (χ4v) is 3.78. The maximum atomic E-state index is 12.8. The minimum atomic E-state index is -5.08. The lowest BCUT2D eigenvalue weighted by Crippen LogP contribution is -2.50. The Labute approximate surface area is 188 Å². The van der Waals surface area contributed by atoms with Gasteiger partial charge in [0, 0.05) is 31.4 Å². The molecule has 0 aromatic carbocycles. The summed E-state index contributed by atoms with van der Waals surface area (Å²) in [6, 6.07) is 9.33. The van der Waals surface area contributed by atoms with E-state index in [2.05, 4.69) is 9.97 Å². The maximum absolute atomic E-state index is 12.8. The smallest absolute Gasteiger partial charge is 0.475 e. The average Bonchev–Trinajstić information content (AvgIpc) is 3.15. The Hall–Kier alpha value is -3.21. The molecule has 0 unspecified atom stereocenters. The van der Waals surface area contributed by atoms with Crippen molar-refractivity contribution in [1.82, 2.24) is 14.9 Å². The van der Waals surface area contributed by atoms with Gasteiger partial charge in [-0.3, -0.25) is 9.78 Å². The summed E-state index contributed by atoms with van der Waals surface area (Å²) in [7, 11) is 0. The summed E-state index contributed by atoms with van der Waals surface area (Å²) in [6.07, 6.45) is 0.979. The number of amides is 1. The zero-order valence-electron chi connectivity index (χ0n) is 17.9. The van der Waals surface area contributed by atoms with Gasteiger partial charge in [-0.05, 0) is 37.5 Å². The zero-order valence-corrected chi connectivity index (χ0v) is 17.9. The summed E-state index contributed by atoms with van der Waals surface area (Å²) in [5.74, 6) is -2.17. The van der Waals surface area contributed by atoms with Crippen LogP contribution in [0, 0.1) is 6.92 Å². The number of carbonyl (C=O) groups is 2. The highest BCUT2D eigenvalue weighted by molar-refractivity contribution is 5.92. The fourth-order valence-electron chi connectivity index (χ4n) is 3.78. The van der Waals surface area contributed by atoms with E-state index >= 15 is 0 Å². The van der Waals surface area contributed by atoms with Gasteiger partial charge in [-0.2, -0.15) is 13.2 Å². The standard InChI is InChI=1S/C20H23N3O3.C2HF3O2/c1-15-6-7-17(22-12-15)19(24)23-10-4-8-20(14-23)11-16(13-25-20)26-18-5-2-3-9-21-18;3-2(4,5)1(6)7/h2-3,5-7,9,12,16H,4,8,10-11,13-14H2,1H3;(H,6,7)/t16-,20+;/m1./s1. The molecule has 2 saturated heterocycles. The van der Waals surface area contributed by atoms with E-state index in [0.29, 0.717) is 24.7 Å². The van der Waals surface area contributed by atoms with Gasteiger partial charge in [0.05, 0.1) is 18.8 Å². The number of halogens is 3. The summed E-state index contributed by atoms with van der Waals surface area (Å²) in [5, 5.41) is 7.12. The number of pyridine rings is 2. The number of rotatable bonds is 3. The van der Waals surface area contributed by atoms with Gasteiger partial charge < -0.3 is 19.5 Å². The van der Waals surface area contributed by atoms with Crippen molar-refractivity contribution >= 4 is 11.9 Å². The predicted octanol–water partition coefficient (Wildman–Crippen LogP) is 3.26. The van der Waals surface area contributed by atoms with Crippen molar-refractivity contribution < 1.29 is 37.3 Å². The summed E-state index contributed by atoms with van der Waals surface area (Å²) < 4.78 is 43.8. The zero-order chi connectivity index (χ0) is 24.1. The number of piperidine rings is 1. The molecule has 2 aromatic rings. The molecular formula is C22H24F3N3O5. The molecule has 2 fully saturated rings. The van der Waals surface area contributed by atoms with Gasteiger partial charge in [-0.25, -0.2) is 9.78 Å². The molecule has 4 heterocycles. The number of carboxylic acids is 1. The van der Waals surface area contributed by atoms with E-state index in [0.717, 1.165) is 31.4 Å². The first-order chi connectivity index (χ1) is 15.6. The number of aryl methyl sites for hydroxylation is 1. The number of hydrogen-bond donors (Lipinski definition) is 1. The SMILES string of the molecule is Cc1ccc(C(=O)N2CCC[C@]3(C[C@@H](Oc4ccccn4)CO3)C2)nc1.O=C(O)C(F)(F)F. The Balaban J connectivity index is 0.000000383. The number of hydrogen-bond acceptors (Lipinski definition) is 6. The third-order valence-electron chi connectivity index (χ3n) is 5.30. The van der Waals surface area contributed by atoms with Crippen molar-refractivity contribution in [1.29, 1.82) is 0 Å². The number of carbonyl (C=O) groups excluding carboxylic acids is 1. The van der Waals surface area contributed by atoms with Gasteiger partial charge in [0.15, 0.2) is 0 Å². The maximum Gasteiger partial charge on any atom is 0.490 e. The van der Waals surface area contributed by atoms with Crippen LogP contribution < -0.4 is 4.74 Å². The predicted molar refractivity (Wildman–Crippen MR) is 110 cm³/mol. The lowest BCUT2D eigenvalue weighted by Gasteiger charge is -2.39. The van der Waals surface area contributed by atoms with Crippen molar-refractivity contribution in [3.05, 3.63) is 54.0 Å². The van der Waals surface area contributed by atoms with Gasteiger partial charge in [-0.15, -0.1) is 0 Å². The average molecular weight is 467 g/mol. The highest BCUT2D eigenvalue weighted by Crippen LogP contribution is 2.36. The molecule has 1 amide bonds. The second-order valence-electron chi connectivity index (χ2n) is 7.96. The van der Waals surface area contributed by atoms with Crippen LogP contribution in [-0.4, -0.2) is 69.4 Å². The number of aliphatic carboxylic acids is 1. The molecule has 11 heteroatoms. The topological polar surface area (TPSA) is 102 Å². The van der Waals surface area contributed by atoms with E-state index in [4.69, 9.17) is 19.4 Å². The Morgan fingerprint density at radius 2 is 2.00 bits per heavy atom. The molecule has 0 radical (unpaired) electrons. The molecule has 2 atom stereocenters. The van der Waals surface area contributed by atoms with Crippen molar-refractivity contribution in [2.75, 3.05) is 19.7 Å². The molecule has 178 valence electrons. The van der Waals surface area contributed by atoms with Crippen LogP contribution in [0.2, 0.25) is 0 Å². The van der Waals surface area contributed by atoms with Crippen LogP contribution in [0.3, 0.4) is 0 Å². The monoisotopic (exact) mass is 467 g/mol. The van der Waals surface area contributed by atoms with Crippen LogP contribution in [0.25, 0.3) is 0 Å². The molecule has 4 rings (SSSR count). The molecule has 8 nitrogen and oxygen atoms in total. The number of likely N-dealkylation sites (tertiary alicyclic amines) is 1. The molecular weight excluding hydrogens is 443 g/mol. The Morgan fingerprint density at radius 3 is 2.61 bits per heavy atom. The van der Waals surface area contributed by atoms with Crippen LogP contribution in [0.1, 0.15) is 35.3 Å². The van der Waals surface area contributed by atoms with Crippen molar-refractivity contribution in [3.8, 4) is 5.88 Å². The molecule has 1 N–H and O–H groups in total. The Bertz CT molecular complexity index is 956. The van der Waals surface area contributed by atoms with Crippen molar-refractivity contribution in [2.24, 2.45) is 0 Å². The first kappa shape index (κ1) is 24.4. The Morgan fingerprint density at radius 1 is 1.24 bits per heavy atom. The van der Waals surface area contributed by atoms with Gasteiger partial charge in [0.25, 0.3) is 5.91 Å². The van der Waals surface area contributed by atoms with Gasteiger partial charge >= 0.3 is 12.1 Å². The highest BCUT2D eigenvalue weighted by atomic mass is 19.4. The van der Waals surface area contributed by atoms with Crippen LogP contribution >= 0.6 is 0 Å². The van der Waals surface area contributed by atoms with Crippen LogP contribution in [0.15, 0.2) is 42.7 Å². The van der Waals surface area contributed by atoms with Crippen LogP contribution in [0.4, 0.5) is 13.2 Å². The Kier molecular flexibility index (Phi) is 7.52. The van der Waals surface area contributed by atoms with Crippen LogP contribution in [0.5, 0.6) is 5.88 Å². The molecule has 2 aromatic heterocycles. The van der Waals surface area contributed by atoms with E-state index in [9.17, 15) is 18.0 Å². The third-order valence-corrected chi connectivity index (χ3v) is 5.30. The van der Waals surface area contributed by atoms with Crippen molar-refractivity contribution in [3.63, 3.8) is 0 Å². The molecule has 2 aliphatic rings. The lowest BCUT2D eigenvalue weighted by atomic mass is 9.89. The normalized spacial score (nSPS) is 22.4. The highest BCUT2D eigenvalue weighted by Gasteiger charge is 2.45. The van der Waals surface area contributed by atoms with Crippen LogP contribution in [-0.2, 0) is 9.53 Å². The van der Waals surface area contributed by atoms with Crippen molar-refractivity contribution in [2.45, 2.75) is 44.1 Å². The van der Waals surface area contributed by atoms with Gasteiger partial charge in [0.2, 0.25) is 5.88 Å². The molecule has 2 aliphatic heterocycles. The minimum absolute atomic E-state index is 0.0261. The molecule has 0 saturated carbocycles. The molecule has 33 heavy (non-hydrogen) atoms. The van der Waals surface area contributed by atoms with Gasteiger partial charge in [0.1, 0.15) is 11.8 Å². The lowest BCUT2D eigenvalue weighted by molar-refractivity contribution is -0.192. The van der Waals surface area contributed by atoms with Gasteiger partial charge in [-0.1, -0.05) is 12.1 Å². The quantitative estimate of drug-likeness (QED) is 0.739. The number of aromatic nitrogens is 2. The largest absolute Gasteiger partial charge is 0.490 e. The van der Waals surface area contributed by atoms with E-state index in [1.54, 1.807) is 18.5 Å². The fraction of sp³-hybridized carbons (Fsp3) is 0.455. The molecule has 0 bridgehead atoms. The first-order valence-electron chi connectivity index (χ1n) is 10.3. The van der Waals surface area contributed by atoms with E-state index in [1.165, 1.54) is 0 Å². The number of ether oxygens (including phenoxy) is 2. The summed E-state index contributed by atoms with van der Waals surface area (Å²) in [6.45, 7) is 3.82. The second kappa shape index (κ2) is 10.2. The van der Waals surface area contributed by atoms with E-state index in [1.807, 2.05) is 36.1 Å². The molecule has 1 spiro atoms. The number of carboxylic acid groups (broad SMARTS) is 1. The summed E-state index contributed by atoms with van der Waals surface area (Å²) >= 11 is 0. The third kappa shape index (κ3) is 6.64. The number of alkyl halides is 3. The second-order valence-corrected chi connectivity index (χ2v) is 7.96. The molecule has 0 aliphatic carbocycles. The van der Waals surface area contributed by atoms with E-state index < -0.39 is 12.1 Å².